The molecule has 2 aromatic rings. The fraction of sp³-hybridized carbons (Fsp3) is 0.350. The maximum Gasteiger partial charge on any atom is 0.227 e. The standard InChI is InChI=1S/C20H25NO3/c1-14-6-8-17(15(2)10-14)12-20(22)21(3)13-16-7-9-18(23-4)19(11-16)24-5/h6-11H,12-13H2,1-5H3. The van der Waals surface area contributed by atoms with Gasteiger partial charge in [0.05, 0.1) is 20.6 Å². The highest BCUT2D eigenvalue weighted by Gasteiger charge is 2.13. The van der Waals surface area contributed by atoms with E-state index >= 15 is 0 Å². The molecule has 2 rings (SSSR count). The van der Waals surface area contributed by atoms with Crippen molar-refractivity contribution in [2.24, 2.45) is 0 Å². The molecule has 0 aromatic heterocycles. The van der Waals surface area contributed by atoms with Crippen molar-refractivity contribution in [3.63, 3.8) is 0 Å². The molecule has 0 spiro atoms. The molecule has 2 aromatic carbocycles. The van der Waals surface area contributed by atoms with Gasteiger partial charge in [0.25, 0.3) is 0 Å². The summed E-state index contributed by atoms with van der Waals surface area (Å²) in [5.74, 6) is 1.45. The summed E-state index contributed by atoms with van der Waals surface area (Å²) in [4.78, 5) is 14.2. The Labute approximate surface area is 144 Å². The van der Waals surface area contributed by atoms with Crippen LogP contribution >= 0.6 is 0 Å². The van der Waals surface area contributed by atoms with Gasteiger partial charge in [-0.15, -0.1) is 0 Å². The molecule has 0 N–H and O–H groups in total. The van der Waals surface area contributed by atoms with Gasteiger partial charge in [0, 0.05) is 13.6 Å². The largest absolute Gasteiger partial charge is 0.493 e. The van der Waals surface area contributed by atoms with Crippen LogP contribution in [0.3, 0.4) is 0 Å². The van der Waals surface area contributed by atoms with E-state index in [0.29, 0.717) is 24.5 Å². The summed E-state index contributed by atoms with van der Waals surface area (Å²) in [6.45, 7) is 4.63. The normalized spacial score (nSPS) is 10.4. The number of carbonyl (C=O) groups excluding carboxylic acids is 1. The molecule has 0 aliphatic heterocycles. The van der Waals surface area contributed by atoms with Gasteiger partial charge in [0.1, 0.15) is 0 Å². The molecule has 0 radical (unpaired) electrons. The van der Waals surface area contributed by atoms with Crippen LogP contribution in [0.4, 0.5) is 0 Å². The molecule has 128 valence electrons. The summed E-state index contributed by atoms with van der Waals surface area (Å²) in [6.07, 6.45) is 0.413. The third kappa shape index (κ3) is 4.28. The topological polar surface area (TPSA) is 38.8 Å². The monoisotopic (exact) mass is 327 g/mol. The Morgan fingerprint density at radius 1 is 1.00 bits per heavy atom. The van der Waals surface area contributed by atoms with Gasteiger partial charge in [-0.05, 0) is 42.7 Å². The van der Waals surface area contributed by atoms with Crippen molar-refractivity contribution < 1.29 is 14.3 Å². The molecule has 0 heterocycles. The molecule has 0 aliphatic rings. The molecule has 0 atom stereocenters. The number of carbonyl (C=O) groups is 1. The zero-order valence-corrected chi connectivity index (χ0v) is 15.1. The smallest absolute Gasteiger partial charge is 0.227 e. The molecule has 4 nitrogen and oxygen atoms in total. The molecule has 1 amide bonds. The summed E-state index contributed by atoms with van der Waals surface area (Å²) in [6, 6.07) is 11.9. The first kappa shape index (κ1) is 17.9. The van der Waals surface area contributed by atoms with Crippen LogP contribution in [0.15, 0.2) is 36.4 Å². The lowest BCUT2D eigenvalue weighted by molar-refractivity contribution is -0.129. The van der Waals surface area contributed by atoms with E-state index in [2.05, 4.69) is 13.0 Å². The number of likely N-dealkylation sites (N-methyl/N-ethyl adjacent to an activating group) is 1. The average molecular weight is 327 g/mol. The number of rotatable bonds is 6. The highest BCUT2D eigenvalue weighted by Crippen LogP contribution is 2.28. The molecule has 0 fully saturated rings. The van der Waals surface area contributed by atoms with Crippen LogP contribution in [-0.2, 0) is 17.8 Å². The maximum atomic E-state index is 12.5. The predicted octanol–water partition coefficient (Wildman–Crippen LogP) is 3.52. The molecule has 0 aliphatic carbocycles. The zero-order chi connectivity index (χ0) is 17.7. The Morgan fingerprint density at radius 3 is 2.33 bits per heavy atom. The quantitative estimate of drug-likeness (QED) is 0.815. The number of nitrogens with zero attached hydrogens (tertiary/aromatic N) is 1. The second kappa shape index (κ2) is 7.86. The fourth-order valence-electron chi connectivity index (χ4n) is 2.68. The van der Waals surface area contributed by atoms with Gasteiger partial charge < -0.3 is 14.4 Å². The minimum Gasteiger partial charge on any atom is -0.493 e. The first-order valence-corrected chi connectivity index (χ1v) is 7.95. The Morgan fingerprint density at radius 2 is 1.71 bits per heavy atom. The summed E-state index contributed by atoms with van der Waals surface area (Å²) in [5.41, 5.74) is 4.44. The number of benzene rings is 2. The van der Waals surface area contributed by atoms with Gasteiger partial charge in [-0.2, -0.15) is 0 Å². The Kier molecular flexibility index (Phi) is 5.85. The first-order valence-electron chi connectivity index (χ1n) is 7.95. The van der Waals surface area contributed by atoms with Gasteiger partial charge in [-0.25, -0.2) is 0 Å². The molecule has 24 heavy (non-hydrogen) atoms. The van der Waals surface area contributed by atoms with E-state index in [9.17, 15) is 4.79 Å². The van der Waals surface area contributed by atoms with Crippen LogP contribution in [0, 0.1) is 13.8 Å². The van der Waals surface area contributed by atoms with Crippen LogP contribution in [-0.4, -0.2) is 32.1 Å². The average Bonchev–Trinajstić information content (AvgIpc) is 2.57. The second-order valence-corrected chi connectivity index (χ2v) is 6.05. The number of hydrogen-bond acceptors (Lipinski definition) is 3. The van der Waals surface area contributed by atoms with Crippen LogP contribution < -0.4 is 9.47 Å². The molecule has 4 heteroatoms. The number of methoxy groups -OCH3 is 2. The third-order valence-corrected chi connectivity index (χ3v) is 4.13. The van der Waals surface area contributed by atoms with Crippen molar-refractivity contribution in [2.75, 3.05) is 21.3 Å². The van der Waals surface area contributed by atoms with Gasteiger partial charge >= 0.3 is 0 Å². The van der Waals surface area contributed by atoms with Crippen molar-refractivity contribution in [2.45, 2.75) is 26.8 Å². The summed E-state index contributed by atoms with van der Waals surface area (Å²) in [5, 5.41) is 0. The molecule has 0 saturated heterocycles. The molecule has 0 bridgehead atoms. The molecular formula is C20H25NO3. The minimum atomic E-state index is 0.0942. The van der Waals surface area contributed by atoms with Crippen LogP contribution in [0.25, 0.3) is 0 Å². The lowest BCUT2D eigenvalue weighted by atomic mass is 10.0. The van der Waals surface area contributed by atoms with Crippen molar-refractivity contribution in [1.82, 2.24) is 4.90 Å². The van der Waals surface area contributed by atoms with E-state index in [4.69, 9.17) is 9.47 Å². The third-order valence-electron chi connectivity index (χ3n) is 4.13. The van der Waals surface area contributed by atoms with Gasteiger partial charge in [0.15, 0.2) is 11.5 Å². The van der Waals surface area contributed by atoms with Crippen molar-refractivity contribution in [1.29, 1.82) is 0 Å². The van der Waals surface area contributed by atoms with Crippen molar-refractivity contribution >= 4 is 5.91 Å². The maximum absolute atomic E-state index is 12.5. The Hall–Kier alpha value is -2.49. The summed E-state index contributed by atoms with van der Waals surface area (Å²) >= 11 is 0. The lowest BCUT2D eigenvalue weighted by Gasteiger charge is -2.19. The van der Waals surface area contributed by atoms with E-state index < -0.39 is 0 Å². The van der Waals surface area contributed by atoms with Crippen LogP contribution in [0.1, 0.15) is 22.3 Å². The minimum absolute atomic E-state index is 0.0942. The van der Waals surface area contributed by atoms with Crippen LogP contribution in [0.2, 0.25) is 0 Å². The van der Waals surface area contributed by atoms with E-state index in [1.807, 2.05) is 44.3 Å². The zero-order valence-electron chi connectivity index (χ0n) is 15.1. The van der Waals surface area contributed by atoms with Gasteiger partial charge in [-0.1, -0.05) is 29.8 Å². The summed E-state index contributed by atoms with van der Waals surface area (Å²) in [7, 11) is 5.04. The predicted molar refractivity (Wildman–Crippen MR) is 95.6 cm³/mol. The van der Waals surface area contributed by atoms with E-state index in [-0.39, 0.29) is 5.91 Å². The number of amides is 1. The number of hydrogen-bond donors (Lipinski definition) is 0. The Bertz CT molecular complexity index is 725. The van der Waals surface area contributed by atoms with E-state index in [0.717, 1.165) is 16.7 Å². The molecular weight excluding hydrogens is 302 g/mol. The Balaban J connectivity index is 2.06. The van der Waals surface area contributed by atoms with Gasteiger partial charge in [0.2, 0.25) is 5.91 Å². The molecule has 0 unspecified atom stereocenters. The first-order chi connectivity index (χ1) is 11.4. The molecule has 0 saturated carbocycles. The van der Waals surface area contributed by atoms with E-state index in [1.165, 1.54) is 5.56 Å². The SMILES string of the molecule is COc1ccc(CN(C)C(=O)Cc2ccc(C)cc2C)cc1OC. The van der Waals surface area contributed by atoms with Crippen LogP contribution in [0.5, 0.6) is 11.5 Å². The number of aryl methyl sites for hydroxylation is 2. The van der Waals surface area contributed by atoms with Crippen molar-refractivity contribution in [3.05, 3.63) is 58.7 Å². The summed E-state index contributed by atoms with van der Waals surface area (Å²) < 4.78 is 10.6. The fourth-order valence-corrected chi connectivity index (χ4v) is 2.68. The second-order valence-electron chi connectivity index (χ2n) is 6.05. The number of ether oxygens (including phenoxy) is 2. The lowest BCUT2D eigenvalue weighted by Crippen LogP contribution is -2.28. The van der Waals surface area contributed by atoms with E-state index in [1.54, 1.807) is 19.1 Å². The highest BCUT2D eigenvalue weighted by molar-refractivity contribution is 5.79. The van der Waals surface area contributed by atoms with Crippen molar-refractivity contribution in [3.8, 4) is 11.5 Å². The van der Waals surface area contributed by atoms with Gasteiger partial charge in [-0.3, -0.25) is 4.79 Å². The highest BCUT2D eigenvalue weighted by atomic mass is 16.5.